The Hall–Kier alpha value is -3.40. The quantitative estimate of drug-likeness (QED) is 0.519. The first-order valence-corrected chi connectivity index (χ1v) is 9.63. The van der Waals surface area contributed by atoms with Crippen molar-refractivity contribution < 1.29 is 22.8 Å². The molecule has 0 bridgehead atoms. The summed E-state index contributed by atoms with van der Waals surface area (Å²) in [5.74, 6) is -0.602. The molecule has 0 unspecified atom stereocenters. The van der Waals surface area contributed by atoms with Gasteiger partial charge in [0, 0.05) is 29.2 Å². The molecule has 6 nitrogen and oxygen atoms in total. The second kappa shape index (κ2) is 8.95. The summed E-state index contributed by atoms with van der Waals surface area (Å²) in [7, 11) is 0. The largest absolute Gasteiger partial charge is 0.416 e. The van der Waals surface area contributed by atoms with Gasteiger partial charge in [0.2, 0.25) is 11.8 Å². The van der Waals surface area contributed by atoms with Crippen molar-refractivity contribution in [2.24, 2.45) is 0 Å². The number of anilines is 3. The number of rotatable bonds is 6. The number of halogens is 3. The first-order valence-electron chi connectivity index (χ1n) is 8.75. The van der Waals surface area contributed by atoms with Crippen molar-refractivity contribution in [1.29, 1.82) is 0 Å². The number of thiazole rings is 1. The third kappa shape index (κ3) is 5.80. The van der Waals surface area contributed by atoms with Gasteiger partial charge < -0.3 is 16.0 Å². The summed E-state index contributed by atoms with van der Waals surface area (Å²) >= 11 is 1.23. The van der Waals surface area contributed by atoms with E-state index in [-0.39, 0.29) is 18.1 Å². The molecule has 0 spiro atoms. The summed E-state index contributed by atoms with van der Waals surface area (Å²) in [6, 6.07) is 11.7. The molecule has 2 aromatic carbocycles. The van der Waals surface area contributed by atoms with Crippen LogP contribution in [0.1, 0.15) is 12.5 Å². The number of carbonyl (C=O) groups excluding carboxylic acids is 2. The Labute approximate surface area is 174 Å². The lowest BCUT2D eigenvalue weighted by molar-refractivity contribution is -0.137. The van der Waals surface area contributed by atoms with Gasteiger partial charge in [-0.2, -0.15) is 13.2 Å². The number of aromatic nitrogens is 1. The Morgan fingerprint density at radius 3 is 2.43 bits per heavy atom. The van der Waals surface area contributed by atoms with Gasteiger partial charge >= 0.3 is 6.18 Å². The van der Waals surface area contributed by atoms with Crippen molar-refractivity contribution in [3.05, 3.63) is 59.5 Å². The molecule has 0 saturated carbocycles. The van der Waals surface area contributed by atoms with Crippen LogP contribution in [0.3, 0.4) is 0 Å². The fourth-order valence-corrected chi connectivity index (χ4v) is 3.28. The predicted molar refractivity (Wildman–Crippen MR) is 110 cm³/mol. The summed E-state index contributed by atoms with van der Waals surface area (Å²) in [6.45, 7) is 1.22. The van der Waals surface area contributed by atoms with Crippen LogP contribution in [0.5, 0.6) is 0 Å². The maximum absolute atomic E-state index is 12.7. The normalized spacial score (nSPS) is 11.1. The minimum atomic E-state index is -4.45. The highest BCUT2D eigenvalue weighted by Gasteiger charge is 2.30. The van der Waals surface area contributed by atoms with Gasteiger partial charge in [-0.05, 0) is 30.3 Å². The van der Waals surface area contributed by atoms with E-state index in [0.29, 0.717) is 16.5 Å². The number of nitrogens with zero attached hydrogens (tertiary/aromatic N) is 1. The maximum Gasteiger partial charge on any atom is 0.416 e. The zero-order valence-electron chi connectivity index (χ0n) is 15.7. The van der Waals surface area contributed by atoms with Crippen LogP contribution in [0.2, 0.25) is 0 Å². The molecule has 30 heavy (non-hydrogen) atoms. The maximum atomic E-state index is 12.7. The molecular formula is C20H17F3N4O2S. The Kier molecular flexibility index (Phi) is 6.36. The lowest BCUT2D eigenvalue weighted by Gasteiger charge is -2.10. The summed E-state index contributed by atoms with van der Waals surface area (Å²) in [5.41, 5.74) is 1.52. The number of nitrogens with one attached hydrogen (secondary N) is 3. The molecule has 10 heteroatoms. The average Bonchev–Trinajstić information content (AvgIpc) is 3.14. The van der Waals surface area contributed by atoms with Crippen LogP contribution in [0, 0.1) is 0 Å². The van der Waals surface area contributed by atoms with Crippen molar-refractivity contribution in [2.45, 2.75) is 13.1 Å². The van der Waals surface area contributed by atoms with E-state index in [4.69, 9.17) is 0 Å². The van der Waals surface area contributed by atoms with E-state index in [0.717, 1.165) is 17.7 Å². The van der Waals surface area contributed by atoms with E-state index in [1.54, 1.807) is 29.6 Å². The molecule has 3 aromatic rings. The van der Waals surface area contributed by atoms with Gasteiger partial charge in [-0.3, -0.25) is 9.59 Å². The first kappa shape index (κ1) is 21.3. The number of hydrogen-bond acceptors (Lipinski definition) is 5. The fourth-order valence-electron chi connectivity index (χ4n) is 2.54. The summed E-state index contributed by atoms with van der Waals surface area (Å²) in [5, 5.41) is 10.1. The van der Waals surface area contributed by atoms with Crippen molar-refractivity contribution in [3.63, 3.8) is 0 Å². The second-order valence-corrected chi connectivity index (χ2v) is 7.13. The summed E-state index contributed by atoms with van der Waals surface area (Å²) < 4.78 is 38.2. The minimum absolute atomic E-state index is 0.167. The van der Waals surface area contributed by atoms with Gasteiger partial charge in [0.1, 0.15) is 0 Å². The van der Waals surface area contributed by atoms with E-state index in [9.17, 15) is 22.8 Å². The second-order valence-electron chi connectivity index (χ2n) is 6.28. The smallest absolute Gasteiger partial charge is 0.376 e. The predicted octanol–water partition coefficient (Wildman–Crippen LogP) is 4.84. The van der Waals surface area contributed by atoms with E-state index in [2.05, 4.69) is 20.9 Å². The van der Waals surface area contributed by atoms with Crippen LogP contribution in [0.15, 0.2) is 53.9 Å². The third-order valence-electron chi connectivity index (χ3n) is 3.89. The van der Waals surface area contributed by atoms with Crippen LogP contribution in [0.4, 0.5) is 29.7 Å². The molecule has 1 heterocycles. The highest BCUT2D eigenvalue weighted by Crippen LogP contribution is 2.30. The van der Waals surface area contributed by atoms with Crippen molar-refractivity contribution in [3.8, 4) is 11.3 Å². The fraction of sp³-hybridized carbons (Fsp3) is 0.150. The third-order valence-corrected chi connectivity index (χ3v) is 4.65. The lowest BCUT2D eigenvalue weighted by Crippen LogP contribution is -2.21. The minimum Gasteiger partial charge on any atom is -0.376 e. The Morgan fingerprint density at radius 1 is 1.03 bits per heavy atom. The van der Waals surface area contributed by atoms with Crippen LogP contribution in [-0.4, -0.2) is 23.3 Å². The zero-order chi connectivity index (χ0) is 21.7. The molecule has 2 amide bonds. The molecular weight excluding hydrogens is 417 g/mol. The van der Waals surface area contributed by atoms with E-state index in [1.807, 2.05) is 0 Å². The molecule has 0 aliphatic carbocycles. The van der Waals surface area contributed by atoms with Crippen molar-refractivity contribution in [1.82, 2.24) is 4.98 Å². The SMILES string of the molecule is CC(=O)Nc1ccc(-c2csc(NC(=O)CNc3cccc(C(F)(F)F)c3)n2)cc1. The molecule has 0 radical (unpaired) electrons. The van der Waals surface area contributed by atoms with E-state index >= 15 is 0 Å². The van der Waals surface area contributed by atoms with Crippen molar-refractivity contribution in [2.75, 3.05) is 22.5 Å². The zero-order valence-corrected chi connectivity index (χ0v) is 16.5. The van der Waals surface area contributed by atoms with Gasteiger partial charge in [-0.25, -0.2) is 4.98 Å². The molecule has 0 atom stereocenters. The number of alkyl halides is 3. The first-order chi connectivity index (χ1) is 14.2. The highest BCUT2D eigenvalue weighted by atomic mass is 32.1. The molecule has 156 valence electrons. The Morgan fingerprint density at radius 2 is 1.77 bits per heavy atom. The molecule has 0 fully saturated rings. The van der Waals surface area contributed by atoms with Gasteiger partial charge in [-0.1, -0.05) is 18.2 Å². The average molecular weight is 434 g/mol. The molecule has 1 aromatic heterocycles. The van der Waals surface area contributed by atoms with Gasteiger partial charge in [0.25, 0.3) is 0 Å². The molecule has 0 aliphatic heterocycles. The number of benzene rings is 2. The summed E-state index contributed by atoms with van der Waals surface area (Å²) in [6.07, 6.45) is -4.45. The summed E-state index contributed by atoms with van der Waals surface area (Å²) in [4.78, 5) is 27.5. The van der Waals surface area contributed by atoms with E-state index in [1.165, 1.54) is 30.4 Å². The van der Waals surface area contributed by atoms with Crippen LogP contribution >= 0.6 is 11.3 Å². The Bertz CT molecular complexity index is 1050. The standard InChI is InChI=1S/C20H17F3N4O2S/c1-12(28)25-15-7-5-13(6-8-15)17-11-30-19(26-17)27-18(29)10-24-16-4-2-3-14(9-16)20(21,22)23/h2-9,11,24H,10H2,1H3,(H,25,28)(H,26,27,29). The van der Waals surface area contributed by atoms with Gasteiger partial charge in [-0.15, -0.1) is 11.3 Å². The highest BCUT2D eigenvalue weighted by molar-refractivity contribution is 7.14. The van der Waals surface area contributed by atoms with Crippen LogP contribution in [-0.2, 0) is 15.8 Å². The molecule has 3 rings (SSSR count). The topological polar surface area (TPSA) is 83.1 Å². The monoisotopic (exact) mass is 434 g/mol. The Balaban J connectivity index is 1.57. The van der Waals surface area contributed by atoms with Crippen LogP contribution < -0.4 is 16.0 Å². The number of carbonyl (C=O) groups is 2. The van der Waals surface area contributed by atoms with Gasteiger partial charge in [0.05, 0.1) is 17.8 Å². The van der Waals surface area contributed by atoms with E-state index < -0.39 is 17.6 Å². The lowest BCUT2D eigenvalue weighted by atomic mass is 10.1. The van der Waals surface area contributed by atoms with Crippen molar-refractivity contribution >= 4 is 39.7 Å². The number of amides is 2. The van der Waals surface area contributed by atoms with Gasteiger partial charge in [0.15, 0.2) is 5.13 Å². The molecule has 3 N–H and O–H groups in total. The number of hydrogen-bond donors (Lipinski definition) is 3. The molecule has 0 saturated heterocycles. The molecule has 0 aliphatic rings. The van der Waals surface area contributed by atoms with Crippen LogP contribution in [0.25, 0.3) is 11.3 Å².